The molecule has 1 aliphatic rings. The molecule has 0 N–H and O–H groups in total. The predicted octanol–water partition coefficient (Wildman–Crippen LogP) is 3.94. The molecule has 0 saturated carbocycles. The summed E-state index contributed by atoms with van der Waals surface area (Å²) in [5.74, 6) is -0.337. The molecule has 0 aliphatic carbocycles. The van der Waals surface area contributed by atoms with Gasteiger partial charge in [-0.05, 0) is 42.5 Å². The molecule has 0 spiro atoms. The topological polar surface area (TPSA) is 47.9 Å². The highest BCUT2D eigenvalue weighted by Gasteiger charge is 2.24. The number of benzene rings is 2. The monoisotopic (exact) mass is 375 g/mol. The average Bonchev–Trinajstić information content (AvgIpc) is 2.89. The van der Waals surface area contributed by atoms with Gasteiger partial charge in [0.25, 0.3) is 0 Å². The normalized spacial score (nSPS) is 15.5. The Morgan fingerprint density at radius 3 is 2.83 bits per heavy atom. The lowest BCUT2D eigenvalue weighted by Crippen LogP contribution is -2.05. The summed E-state index contributed by atoms with van der Waals surface area (Å²) < 4.78 is 24.5. The first-order valence-electron chi connectivity index (χ1n) is 6.69. The number of nitrogens with zero attached hydrogens (tertiary/aromatic N) is 1. The Labute approximate surface area is 140 Å². The Balaban J connectivity index is 2.00. The van der Waals surface area contributed by atoms with Crippen molar-refractivity contribution < 1.29 is 18.7 Å². The Morgan fingerprint density at radius 1 is 1.26 bits per heavy atom. The summed E-state index contributed by atoms with van der Waals surface area (Å²) in [7, 11) is 1.54. The molecule has 0 saturated heterocycles. The summed E-state index contributed by atoms with van der Waals surface area (Å²) in [4.78, 5) is 16.1. The van der Waals surface area contributed by atoms with E-state index in [0.717, 1.165) is 4.47 Å². The maximum absolute atomic E-state index is 13.3. The second-order valence-electron chi connectivity index (χ2n) is 4.73. The van der Waals surface area contributed by atoms with Gasteiger partial charge in [0, 0.05) is 15.6 Å². The van der Waals surface area contributed by atoms with E-state index in [2.05, 4.69) is 20.9 Å². The number of aliphatic imine (C=N–C) groups is 1. The maximum Gasteiger partial charge on any atom is 0.363 e. The summed E-state index contributed by atoms with van der Waals surface area (Å²) in [5, 5.41) is 0. The first-order chi connectivity index (χ1) is 11.1. The van der Waals surface area contributed by atoms with Crippen molar-refractivity contribution in [2.75, 3.05) is 7.11 Å². The Bertz CT molecular complexity index is 845. The number of hydrogen-bond acceptors (Lipinski definition) is 4. The molecule has 0 unspecified atom stereocenters. The number of cyclic esters (lactones) is 1. The highest BCUT2D eigenvalue weighted by atomic mass is 79.9. The van der Waals surface area contributed by atoms with Gasteiger partial charge < -0.3 is 9.47 Å². The SMILES string of the molecule is COc1ccc(Br)cc1/C=C1/N=C(c2cccc(F)c2)OC1=O. The van der Waals surface area contributed by atoms with Gasteiger partial charge >= 0.3 is 5.97 Å². The molecule has 0 atom stereocenters. The molecule has 0 amide bonds. The largest absolute Gasteiger partial charge is 0.496 e. The van der Waals surface area contributed by atoms with E-state index in [-0.39, 0.29) is 11.6 Å². The molecule has 2 aromatic carbocycles. The van der Waals surface area contributed by atoms with E-state index in [1.54, 1.807) is 31.4 Å². The molecule has 0 fully saturated rings. The number of esters is 1. The van der Waals surface area contributed by atoms with Crippen LogP contribution in [0.4, 0.5) is 4.39 Å². The van der Waals surface area contributed by atoms with Gasteiger partial charge in [-0.15, -0.1) is 0 Å². The number of rotatable bonds is 3. The smallest absolute Gasteiger partial charge is 0.363 e. The number of halogens is 2. The van der Waals surface area contributed by atoms with Crippen LogP contribution in [0.2, 0.25) is 0 Å². The summed E-state index contributed by atoms with van der Waals surface area (Å²) in [6.07, 6.45) is 1.57. The molecule has 4 nitrogen and oxygen atoms in total. The van der Waals surface area contributed by atoms with Gasteiger partial charge in [0.1, 0.15) is 11.6 Å². The fourth-order valence-corrected chi connectivity index (χ4v) is 2.50. The van der Waals surface area contributed by atoms with Crippen molar-refractivity contribution in [3.63, 3.8) is 0 Å². The van der Waals surface area contributed by atoms with Crippen molar-refractivity contribution >= 4 is 33.9 Å². The van der Waals surface area contributed by atoms with Gasteiger partial charge in [-0.1, -0.05) is 22.0 Å². The van der Waals surface area contributed by atoms with Crippen LogP contribution in [0.15, 0.2) is 57.6 Å². The summed E-state index contributed by atoms with van der Waals surface area (Å²) in [6.45, 7) is 0. The standard InChI is InChI=1S/C17H11BrFNO3/c1-22-15-6-5-12(18)7-11(15)9-14-17(21)23-16(20-14)10-3-2-4-13(19)8-10/h2-9H,1H3/b14-9+. The number of carbonyl (C=O) groups excluding carboxylic acids is 1. The maximum atomic E-state index is 13.3. The summed E-state index contributed by atoms with van der Waals surface area (Å²) in [6, 6.07) is 11.1. The van der Waals surface area contributed by atoms with Crippen molar-refractivity contribution in [2.24, 2.45) is 4.99 Å². The zero-order chi connectivity index (χ0) is 16.4. The van der Waals surface area contributed by atoms with Crippen molar-refractivity contribution in [3.8, 4) is 5.75 Å². The van der Waals surface area contributed by atoms with E-state index in [1.165, 1.54) is 18.2 Å². The molecule has 0 bridgehead atoms. The Hall–Kier alpha value is -2.47. The third-order valence-electron chi connectivity index (χ3n) is 3.18. The van der Waals surface area contributed by atoms with Crippen LogP contribution in [0, 0.1) is 5.82 Å². The molecule has 3 rings (SSSR count). The molecule has 23 heavy (non-hydrogen) atoms. The highest BCUT2D eigenvalue weighted by Crippen LogP contribution is 2.27. The van der Waals surface area contributed by atoms with Gasteiger partial charge in [0.2, 0.25) is 5.90 Å². The average molecular weight is 376 g/mol. The zero-order valence-corrected chi connectivity index (χ0v) is 13.6. The minimum Gasteiger partial charge on any atom is -0.496 e. The molecule has 1 aliphatic heterocycles. The van der Waals surface area contributed by atoms with E-state index in [0.29, 0.717) is 16.9 Å². The van der Waals surface area contributed by atoms with Crippen molar-refractivity contribution in [1.29, 1.82) is 0 Å². The fourth-order valence-electron chi connectivity index (χ4n) is 2.12. The van der Waals surface area contributed by atoms with Crippen molar-refractivity contribution in [3.05, 3.63) is 69.6 Å². The van der Waals surface area contributed by atoms with E-state index < -0.39 is 11.8 Å². The third kappa shape index (κ3) is 3.32. The second kappa shape index (κ2) is 6.34. The van der Waals surface area contributed by atoms with E-state index in [1.807, 2.05) is 6.07 Å². The lowest BCUT2D eigenvalue weighted by molar-refractivity contribution is -0.129. The second-order valence-corrected chi connectivity index (χ2v) is 5.65. The molecule has 2 aromatic rings. The van der Waals surface area contributed by atoms with Gasteiger partial charge in [-0.3, -0.25) is 0 Å². The highest BCUT2D eigenvalue weighted by molar-refractivity contribution is 9.10. The minimum atomic E-state index is -0.591. The number of methoxy groups -OCH3 is 1. The van der Waals surface area contributed by atoms with Crippen LogP contribution >= 0.6 is 15.9 Å². The van der Waals surface area contributed by atoms with Crippen LogP contribution in [0.5, 0.6) is 5.75 Å². The van der Waals surface area contributed by atoms with Gasteiger partial charge in [-0.2, -0.15) is 0 Å². The number of carbonyl (C=O) groups is 1. The molecule has 6 heteroatoms. The van der Waals surface area contributed by atoms with Gasteiger partial charge in [-0.25, -0.2) is 14.2 Å². The predicted molar refractivity (Wildman–Crippen MR) is 87.7 cm³/mol. The minimum absolute atomic E-state index is 0.0784. The Morgan fingerprint density at radius 2 is 2.09 bits per heavy atom. The van der Waals surface area contributed by atoms with E-state index in [4.69, 9.17) is 9.47 Å². The number of ether oxygens (including phenoxy) is 2. The fraction of sp³-hybridized carbons (Fsp3) is 0.0588. The first-order valence-corrected chi connectivity index (χ1v) is 7.48. The molecular weight excluding hydrogens is 365 g/mol. The number of hydrogen-bond donors (Lipinski definition) is 0. The van der Waals surface area contributed by atoms with Crippen LogP contribution < -0.4 is 4.74 Å². The van der Waals surface area contributed by atoms with Crippen LogP contribution in [0.25, 0.3) is 6.08 Å². The summed E-state index contributed by atoms with van der Waals surface area (Å²) in [5.41, 5.74) is 1.21. The lowest BCUT2D eigenvalue weighted by Gasteiger charge is -2.04. The van der Waals surface area contributed by atoms with Gasteiger partial charge in [0.05, 0.1) is 7.11 Å². The summed E-state index contributed by atoms with van der Waals surface area (Å²) >= 11 is 3.37. The third-order valence-corrected chi connectivity index (χ3v) is 3.67. The lowest BCUT2D eigenvalue weighted by atomic mass is 10.1. The van der Waals surface area contributed by atoms with E-state index in [9.17, 15) is 9.18 Å². The van der Waals surface area contributed by atoms with Crippen LogP contribution in [0.3, 0.4) is 0 Å². The van der Waals surface area contributed by atoms with Gasteiger partial charge in [0.15, 0.2) is 5.70 Å². The molecule has 116 valence electrons. The van der Waals surface area contributed by atoms with E-state index >= 15 is 0 Å². The quantitative estimate of drug-likeness (QED) is 0.602. The molecular formula is C17H11BrFNO3. The molecule has 0 aromatic heterocycles. The first kappa shape index (κ1) is 15.4. The van der Waals surface area contributed by atoms with Crippen LogP contribution in [-0.4, -0.2) is 19.0 Å². The molecule has 1 heterocycles. The van der Waals surface area contributed by atoms with Crippen molar-refractivity contribution in [1.82, 2.24) is 0 Å². The van der Waals surface area contributed by atoms with Crippen LogP contribution in [-0.2, 0) is 9.53 Å². The Kier molecular flexibility index (Phi) is 4.25. The van der Waals surface area contributed by atoms with Crippen molar-refractivity contribution in [2.45, 2.75) is 0 Å². The van der Waals surface area contributed by atoms with Crippen LogP contribution in [0.1, 0.15) is 11.1 Å². The zero-order valence-electron chi connectivity index (χ0n) is 12.0. The molecule has 0 radical (unpaired) electrons.